The molecular weight excluding hydrogens is 357 g/mol. The molecule has 2 aromatic carbocycles. The van der Waals surface area contributed by atoms with Gasteiger partial charge < -0.3 is 5.32 Å². The van der Waals surface area contributed by atoms with Crippen LogP contribution in [-0.4, -0.2) is 6.04 Å². The summed E-state index contributed by atoms with van der Waals surface area (Å²) >= 11 is 15.4. The monoisotopic (exact) mass is 369 g/mol. The molecule has 1 aliphatic carbocycles. The Kier molecular flexibility index (Phi) is 4.25. The maximum absolute atomic E-state index is 6.02. The van der Waals surface area contributed by atoms with Gasteiger partial charge in [-0.2, -0.15) is 0 Å². The Morgan fingerprint density at radius 2 is 1.65 bits per heavy atom. The zero-order chi connectivity index (χ0) is 14.1. The fraction of sp³-hybridized carbons (Fsp3) is 0.250. The van der Waals surface area contributed by atoms with Crippen LogP contribution in [0.3, 0.4) is 0 Å². The van der Waals surface area contributed by atoms with Gasteiger partial charge in [0.2, 0.25) is 0 Å². The lowest BCUT2D eigenvalue weighted by Crippen LogP contribution is -2.33. The van der Waals surface area contributed by atoms with Crippen LogP contribution < -0.4 is 5.32 Å². The molecule has 0 aliphatic heterocycles. The molecule has 1 N–H and O–H groups in total. The van der Waals surface area contributed by atoms with E-state index >= 15 is 0 Å². The predicted octanol–water partition coefficient (Wildman–Crippen LogP) is 6.11. The van der Waals surface area contributed by atoms with Gasteiger partial charge in [0.05, 0.1) is 10.0 Å². The van der Waals surface area contributed by atoms with Crippen LogP contribution >= 0.6 is 39.1 Å². The first-order valence-corrected chi connectivity index (χ1v) is 8.14. The minimum atomic E-state index is 0.515. The van der Waals surface area contributed by atoms with Crippen LogP contribution in [0, 0.1) is 0 Å². The van der Waals surface area contributed by atoms with Crippen LogP contribution in [-0.2, 0) is 0 Å². The van der Waals surface area contributed by atoms with Crippen LogP contribution in [0.4, 0.5) is 5.69 Å². The van der Waals surface area contributed by atoms with Gasteiger partial charge >= 0.3 is 0 Å². The summed E-state index contributed by atoms with van der Waals surface area (Å²) in [4.78, 5) is 0. The van der Waals surface area contributed by atoms with E-state index < -0.39 is 0 Å². The lowest BCUT2D eigenvalue weighted by molar-refractivity contribution is 0.374. The number of rotatable bonds is 3. The van der Waals surface area contributed by atoms with E-state index in [0.29, 0.717) is 22.0 Å². The average molecular weight is 371 g/mol. The summed E-state index contributed by atoms with van der Waals surface area (Å²) in [5.41, 5.74) is 2.46. The molecule has 0 atom stereocenters. The van der Waals surface area contributed by atoms with E-state index in [0.717, 1.165) is 23.0 Å². The second-order valence-corrected chi connectivity index (χ2v) is 6.92. The van der Waals surface area contributed by atoms with Gasteiger partial charge in [-0.1, -0.05) is 51.3 Å². The summed E-state index contributed by atoms with van der Waals surface area (Å²) in [5, 5.41) is 4.70. The smallest absolute Gasteiger partial charge is 0.0612 e. The molecule has 1 aliphatic rings. The Labute approximate surface area is 137 Å². The van der Waals surface area contributed by atoms with E-state index in [2.05, 4.69) is 45.5 Å². The van der Waals surface area contributed by atoms with Crippen molar-refractivity contribution in [3.8, 4) is 0 Å². The quantitative estimate of drug-likeness (QED) is 0.686. The van der Waals surface area contributed by atoms with Crippen molar-refractivity contribution in [3.05, 3.63) is 62.5 Å². The van der Waals surface area contributed by atoms with Crippen molar-refractivity contribution in [1.82, 2.24) is 0 Å². The number of anilines is 1. The van der Waals surface area contributed by atoms with E-state index in [1.54, 1.807) is 0 Å². The zero-order valence-electron chi connectivity index (χ0n) is 10.7. The highest BCUT2D eigenvalue weighted by atomic mass is 79.9. The molecule has 1 saturated carbocycles. The molecule has 0 unspecified atom stereocenters. The van der Waals surface area contributed by atoms with Crippen LogP contribution in [0.5, 0.6) is 0 Å². The summed E-state index contributed by atoms with van der Waals surface area (Å²) < 4.78 is 1.13. The van der Waals surface area contributed by atoms with Crippen LogP contribution in [0.1, 0.15) is 24.3 Å². The molecule has 0 saturated heterocycles. The highest BCUT2D eigenvalue weighted by Gasteiger charge is 2.30. The third-order valence-corrected chi connectivity index (χ3v) is 5.04. The fourth-order valence-electron chi connectivity index (χ4n) is 2.56. The summed E-state index contributed by atoms with van der Waals surface area (Å²) in [6.07, 6.45) is 2.31. The van der Waals surface area contributed by atoms with Crippen LogP contribution in [0.25, 0.3) is 0 Å². The number of hydrogen-bond donors (Lipinski definition) is 1. The molecule has 2 aromatic rings. The molecule has 0 bridgehead atoms. The van der Waals surface area contributed by atoms with Gasteiger partial charge in [-0.05, 0) is 54.7 Å². The van der Waals surface area contributed by atoms with Crippen molar-refractivity contribution in [2.45, 2.75) is 24.8 Å². The van der Waals surface area contributed by atoms with Gasteiger partial charge in [-0.25, -0.2) is 0 Å². The van der Waals surface area contributed by atoms with E-state index in [4.69, 9.17) is 23.2 Å². The van der Waals surface area contributed by atoms with Gasteiger partial charge in [0.15, 0.2) is 0 Å². The zero-order valence-corrected chi connectivity index (χ0v) is 13.8. The third-order valence-electron chi connectivity index (χ3n) is 3.77. The Balaban J connectivity index is 1.58. The third kappa shape index (κ3) is 3.13. The highest BCUT2D eigenvalue weighted by molar-refractivity contribution is 9.10. The molecule has 0 radical (unpaired) electrons. The van der Waals surface area contributed by atoms with Gasteiger partial charge in [0, 0.05) is 16.2 Å². The second kappa shape index (κ2) is 5.97. The normalized spacial score (nSPS) is 21.4. The number of nitrogens with one attached hydrogen (secondary N) is 1. The number of halogens is 3. The van der Waals surface area contributed by atoms with Gasteiger partial charge in [0.25, 0.3) is 0 Å². The van der Waals surface area contributed by atoms with E-state index in [9.17, 15) is 0 Å². The van der Waals surface area contributed by atoms with Crippen molar-refractivity contribution in [2.24, 2.45) is 0 Å². The Hall–Kier alpha value is -0.700. The van der Waals surface area contributed by atoms with E-state index in [1.807, 2.05) is 18.2 Å². The first-order chi connectivity index (χ1) is 9.61. The summed E-state index contributed by atoms with van der Waals surface area (Å²) in [6.45, 7) is 0. The Morgan fingerprint density at radius 3 is 2.30 bits per heavy atom. The molecule has 1 nitrogen and oxygen atoms in total. The molecule has 0 amide bonds. The minimum absolute atomic E-state index is 0.515. The van der Waals surface area contributed by atoms with Crippen molar-refractivity contribution in [3.63, 3.8) is 0 Å². The molecule has 0 aromatic heterocycles. The van der Waals surface area contributed by atoms with Crippen molar-refractivity contribution in [1.29, 1.82) is 0 Å². The lowest BCUT2D eigenvalue weighted by atomic mass is 9.76. The van der Waals surface area contributed by atoms with Crippen molar-refractivity contribution >= 4 is 44.8 Å². The first kappa shape index (κ1) is 14.2. The van der Waals surface area contributed by atoms with Crippen LogP contribution in [0.15, 0.2) is 46.9 Å². The molecular formula is C16H14BrCl2N. The molecule has 20 heavy (non-hydrogen) atoms. The SMILES string of the molecule is Clc1ccc(NC2CC(c3ccc(Br)cc3)C2)cc1Cl. The molecule has 3 rings (SSSR count). The largest absolute Gasteiger partial charge is 0.382 e. The fourth-order valence-corrected chi connectivity index (χ4v) is 3.13. The molecule has 0 spiro atoms. The van der Waals surface area contributed by atoms with Crippen molar-refractivity contribution in [2.75, 3.05) is 5.32 Å². The van der Waals surface area contributed by atoms with Gasteiger partial charge in [-0.15, -0.1) is 0 Å². The molecule has 4 heteroatoms. The number of hydrogen-bond acceptors (Lipinski definition) is 1. The second-order valence-electron chi connectivity index (χ2n) is 5.19. The maximum Gasteiger partial charge on any atom is 0.0612 e. The molecule has 0 heterocycles. The highest BCUT2D eigenvalue weighted by Crippen LogP contribution is 2.39. The summed E-state index contributed by atoms with van der Waals surface area (Å²) in [5.74, 6) is 0.656. The summed E-state index contributed by atoms with van der Waals surface area (Å²) in [6, 6.07) is 14.8. The lowest BCUT2D eigenvalue weighted by Gasteiger charge is -2.37. The molecule has 1 fully saturated rings. The standard InChI is InChI=1S/C16H14BrCl2N/c17-12-3-1-10(2-4-12)11-7-14(8-11)20-13-5-6-15(18)16(19)9-13/h1-6,9,11,14,20H,7-8H2. The first-order valence-electron chi connectivity index (χ1n) is 6.59. The Morgan fingerprint density at radius 1 is 0.950 bits per heavy atom. The van der Waals surface area contributed by atoms with E-state index in [1.165, 1.54) is 5.56 Å². The van der Waals surface area contributed by atoms with Crippen LogP contribution in [0.2, 0.25) is 10.0 Å². The molecule has 104 valence electrons. The van der Waals surface area contributed by atoms with Crippen molar-refractivity contribution < 1.29 is 0 Å². The summed E-state index contributed by atoms with van der Waals surface area (Å²) in [7, 11) is 0. The number of benzene rings is 2. The predicted molar refractivity (Wildman–Crippen MR) is 90.0 cm³/mol. The minimum Gasteiger partial charge on any atom is -0.382 e. The Bertz CT molecular complexity index is 606. The topological polar surface area (TPSA) is 12.0 Å². The van der Waals surface area contributed by atoms with E-state index in [-0.39, 0.29) is 0 Å². The van der Waals surface area contributed by atoms with Gasteiger partial charge in [-0.3, -0.25) is 0 Å². The maximum atomic E-state index is 6.02. The average Bonchev–Trinajstić information content (AvgIpc) is 2.39. The van der Waals surface area contributed by atoms with Gasteiger partial charge in [0.1, 0.15) is 0 Å².